The Labute approximate surface area is 95.0 Å². The van der Waals surface area contributed by atoms with Crippen molar-refractivity contribution < 1.29 is 9.90 Å². The van der Waals surface area contributed by atoms with E-state index in [1.807, 2.05) is 36.5 Å². The van der Waals surface area contributed by atoms with E-state index < -0.39 is 5.97 Å². The minimum Gasteiger partial charge on any atom is -0.478 e. The van der Waals surface area contributed by atoms with Gasteiger partial charge >= 0.3 is 5.97 Å². The standard InChI is InChI=1S/C14H14O2/c1-10(14(15)16)13(11-6-2-3-7-11)12-8-4-5-9-12/h2-6,8,13H,1,7,9H2,(H,15,16). The monoisotopic (exact) mass is 214 g/mol. The molecule has 0 fully saturated rings. The lowest BCUT2D eigenvalue weighted by atomic mass is 9.83. The zero-order chi connectivity index (χ0) is 11.5. The smallest absolute Gasteiger partial charge is 0.331 e. The van der Waals surface area contributed by atoms with Crippen LogP contribution in [-0.4, -0.2) is 11.1 Å². The quantitative estimate of drug-likeness (QED) is 0.730. The van der Waals surface area contributed by atoms with Crippen molar-refractivity contribution in [1.29, 1.82) is 0 Å². The highest BCUT2D eigenvalue weighted by Crippen LogP contribution is 2.35. The fourth-order valence-corrected chi connectivity index (χ4v) is 2.16. The van der Waals surface area contributed by atoms with Gasteiger partial charge in [-0.2, -0.15) is 0 Å². The van der Waals surface area contributed by atoms with Gasteiger partial charge in [0.1, 0.15) is 0 Å². The van der Waals surface area contributed by atoms with Crippen LogP contribution in [0.15, 0.2) is 59.8 Å². The lowest BCUT2D eigenvalue weighted by molar-refractivity contribution is -0.133. The number of hydrogen-bond acceptors (Lipinski definition) is 1. The highest BCUT2D eigenvalue weighted by molar-refractivity contribution is 5.88. The highest BCUT2D eigenvalue weighted by Gasteiger charge is 2.26. The summed E-state index contributed by atoms with van der Waals surface area (Å²) in [5.41, 5.74) is 2.52. The predicted molar refractivity (Wildman–Crippen MR) is 63.9 cm³/mol. The van der Waals surface area contributed by atoms with E-state index in [2.05, 4.69) is 6.58 Å². The fourth-order valence-electron chi connectivity index (χ4n) is 2.16. The molecule has 0 aromatic carbocycles. The highest BCUT2D eigenvalue weighted by atomic mass is 16.4. The Morgan fingerprint density at radius 3 is 2.00 bits per heavy atom. The Morgan fingerprint density at radius 1 is 1.19 bits per heavy atom. The van der Waals surface area contributed by atoms with Crippen LogP contribution in [0.4, 0.5) is 0 Å². The van der Waals surface area contributed by atoms with E-state index in [1.54, 1.807) is 0 Å². The minimum atomic E-state index is -0.911. The Kier molecular flexibility index (Phi) is 2.91. The Hall–Kier alpha value is -1.83. The summed E-state index contributed by atoms with van der Waals surface area (Å²) >= 11 is 0. The van der Waals surface area contributed by atoms with E-state index >= 15 is 0 Å². The van der Waals surface area contributed by atoms with Crippen LogP contribution in [0, 0.1) is 5.92 Å². The van der Waals surface area contributed by atoms with Crippen molar-refractivity contribution in [2.45, 2.75) is 12.8 Å². The topological polar surface area (TPSA) is 37.3 Å². The van der Waals surface area contributed by atoms with E-state index in [-0.39, 0.29) is 11.5 Å². The van der Waals surface area contributed by atoms with Crippen molar-refractivity contribution in [3.05, 3.63) is 59.8 Å². The van der Waals surface area contributed by atoms with Crippen molar-refractivity contribution in [2.24, 2.45) is 5.92 Å². The third-order valence-corrected chi connectivity index (χ3v) is 2.96. The summed E-state index contributed by atoms with van der Waals surface area (Å²) in [6.45, 7) is 3.71. The van der Waals surface area contributed by atoms with Gasteiger partial charge < -0.3 is 5.11 Å². The Bertz CT molecular complexity index is 415. The third kappa shape index (κ3) is 1.91. The van der Waals surface area contributed by atoms with Gasteiger partial charge in [-0.15, -0.1) is 0 Å². The van der Waals surface area contributed by atoms with E-state index in [0.717, 1.165) is 24.0 Å². The van der Waals surface area contributed by atoms with Gasteiger partial charge in [0, 0.05) is 11.5 Å². The summed E-state index contributed by atoms with van der Waals surface area (Å²) in [6.07, 6.45) is 13.7. The predicted octanol–water partition coefficient (Wildman–Crippen LogP) is 3.02. The van der Waals surface area contributed by atoms with Crippen LogP contribution in [0.1, 0.15) is 12.8 Å². The molecule has 1 N–H and O–H groups in total. The van der Waals surface area contributed by atoms with E-state index in [0.29, 0.717) is 0 Å². The Morgan fingerprint density at radius 2 is 1.69 bits per heavy atom. The summed E-state index contributed by atoms with van der Waals surface area (Å²) in [4.78, 5) is 11.1. The molecular weight excluding hydrogens is 200 g/mol. The average Bonchev–Trinajstić information content (AvgIpc) is 2.89. The number of aliphatic carboxylic acids is 1. The summed E-state index contributed by atoms with van der Waals surface area (Å²) in [6, 6.07) is 0. The molecule has 2 aliphatic rings. The molecule has 16 heavy (non-hydrogen) atoms. The zero-order valence-corrected chi connectivity index (χ0v) is 9.02. The zero-order valence-electron chi connectivity index (χ0n) is 9.02. The molecule has 0 unspecified atom stereocenters. The first kappa shape index (κ1) is 10.7. The second-order valence-electron chi connectivity index (χ2n) is 4.01. The van der Waals surface area contributed by atoms with Crippen LogP contribution in [-0.2, 0) is 4.79 Å². The molecule has 2 nitrogen and oxygen atoms in total. The van der Waals surface area contributed by atoms with Gasteiger partial charge in [0.25, 0.3) is 0 Å². The van der Waals surface area contributed by atoms with Gasteiger partial charge in [-0.1, -0.05) is 54.2 Å². The first-order valence-corrected chi connectivity index (χ1v) is 5.33. The van der Waals surface area contributed by atoms with Crippen LogP contribution in [0.25, 0.3) is 0 Å². The second-order valence-corrected chi connectivity index (χ2v) is 4.01. The molecule has 2 heteroatoms. The molecule has 0 amide bonds. The molecule has 0 heterocycles. The molecule has 2 rings (SSSR count). The fraction of sp³-hybridized carbons (Fsp3) is 0.214. The molecule has 0 bridgehead atoms. The van der Waals surface area contributed by atoms with E-state index in [1.165, 1.54) is 0 Å². The molecule has 0 saturated carbocycles. The van der Waals surface area contributed by atoms with Gasteiger partial charge in [0.05, 0.1) is 0 Å². The van der Waals surface area contributed by atoms with Crippen LogP contribution in [0.2, 0.25) is 0 Å². The number of allylic oxidation sites excluding steroid dienone is 8. The van der Waals surface area contributed by atoms with Crippen LogP contribution < -0.4 is 0 Å². The average molecular weight is 214 g/mol. The van der Waals surface area contributed by atoms with Crippen molar-refractivity contribution >= 4 is 5.97 Å². The lowest BCUT2D eigenvalue weighted by Gasteiger charge is -2.20. The van der Waals surface area contributed by atoms with Crippen molar-refractivity contribution in [1.82, 2.24) is 0 Å². The maximum atomic E-state index is 11.1. The van der Waals surface area contributed by atoms with Gasteiger partial charge in [-0.25, -0.2) is 4.79 Å². The summed E-state index contributed by atoms with van der Waals surface area (Å²) in [5.74, 6) is -1.05. The lowest BCUT2D eigenvalue weighted by Crippen LogP contribution is -2.15. The number of carboxylic acid groups (broad SMARTS) is 1. The first-order valence-electron chi connectivity index (χ1n) is 5.33. The number of rotatable bonds is 4. The van der Waals surface area contributed by atoms with Crippen molar-refractivity contribution in [2.75, 3.05) is 0 Å². The minimum absolute atomic E-state index is 0.137. The molecule has 0 aromatic rings. The number of carbonyl (C=O) groups is 1. The Balaban J connectivity index is 2.26. The normalized spacial score (nSPS) is 17.8. The number of carboxylic acids is 1. The van der Waals surface area contributed by atoms with E-state index in [4.69, 9.17) is 5.11 Å². The molecule has 0 spiro atoms. The summed E-state index contributed by atoms with van der Waals surface area (Å²) in [5, 5.41) is 9.08. The summed E-state index contributed by atoms with van der Waals surface area (Å²) in [7, 11) is 0. The second kappa shape index (κ2) is 4.35. The van der Waals surface area contributed by atoms with Crippen LogP contribution in [0.3, 0.4) is 0 Å². The van der Waals surface area contributed by atoms with Gasteiger partial charge in [-0.05, 0) is 12.8 Å². The molecule has 0 saturated heterocycles. The van der Waals surface area contributed by atoms with Crippen molar-refractivity contribution in [3.63, 3.8) is 0 Å². The molecule has 0 atom stereocenters. The van der Waals surface area contributed by atoms with E-state index in [9.17, 15) is 4.79 Å². The largest absolute Gasteiger partial charge is 0.478 e. The van der Waals surface area contributed by atoms with Gasteiger partial charge in [0.15, 0.2) is 0 Å². The maximum absolute atomic E-state index is 11.1. The molecule has 82 valence electrons. The molecule has 0 radical (unpaired) electrons. The number of hydrogen-bond donors (Lipinski definition) is 1. The van der Waals surface area contributed by atoms with Crippen molar-refractivity contribution in [3.8, 4) is 0 Å². The molecule has 2 aliphatic carbocycles. The van der Waals surface area contributed by atoms with Gasteiger partial charge in [0.2, 0.25) is 0 Å². The molecule has 0 aliphatic heterocycles. The van der Waals surface area contributed by atoms with Crippen LogP contribution >= 0.6 is 0 Å². The summed E-state index contributed by atoms with van der Waals surface area (Å²) < 4.78 is 0. The molecule has 0 aromatic heterocycles. The maximum Gasteiger partial charge on any atom is 0.331 e. The van der Waals surface area contributed by atoms with Crippen LogP contribution in [0.5, 0.6) is 0 Å². The third-order valence-electron chi connectivity index (χ3n) is 2.96. The first-order chi connectivity index (χ1) is 7.70. The molecular formula is C14H14O2. The SMILES string of the molecule is C=C(C(=O)O)C(C1=CC=CC1)C1=CC=CC1. The van der Waals surface area contributed by atoms with Gasteiger partial charge in [-0.3, -0.25) is 0 Å².